The van der Waals surface area contributed by atoms with Crippen LogP contribution in [0, 0.1) is 0 Å². The molecule has 0 spiro atoms. The van der Waals surface area contributed by atoms with Crippen LogP contribution < -0.4 is 14.8 Å². The van der Waals surface area contributed by atoms with E-state index in [4.69, 9.17) is 13.9 Å². The highest BCUT2D eigenvalue weighted by molar-refractivity contribution is 5.93. The average molecular weight is 289 g/mol. The molecule has 2 aromatic rings. The molecule has 1 aliphatic rings. The van der Waals surface area contributed by atoms with Crippen molar-refractivity contribution >= 4 is 5.91 Å². The van der Waals surface area contributed by atoms with Crippen LogP contribution >= 0.6 is 0 Å². The van der Waals surface area contributed by atoms with Gasteiger partial charge < -0.3 is 24.3 Å². The Morgan fingerprint density at radius 2 is 2.14 bits per heavy atom. The van der Waals surface area contributed by atoms with E-state index in [1.165, 1.54) is 12.5 Å². The molecule has 6 nitrogen and oxygen atoms in total. The van der Waals surface area contributed by atoms with E-state index in [2.05, 4.69) is 5.32 Å². The molecule has 2 N–H and O–H groups in total. The molecule has 0 fully saturated rings. The summed E-state index contributed by atoms with van der Waals surface area (Å²) in [6.45, 7) is 0.565. The number of carbonyl (C=O) groups excluding carboxylic acids is 1. The second-order valence-corrected chi connectivity index (χ2v) is 4.69. The van der Waals surface area contributed by atoms with Crippen molar-refractivity contribution in [2.75, 3.05) is 13.3 Å². The highest BCUT2D eigenvalue weighted by Gasteiger charge is 2.16. The standard InChI is InChI=1S/C15H15NO5/c17-12(3-5-16-15(18)11-4-6-19-8-11)10-1-2-13-14(7-10)21-9-20-13/h1-2,4,6-8,12,17H,3,5,9H2,(H,16,18). The summed E-state index contributed by atoms with van der Waals surface area (Å²) in [6.07, 6.45) is 2.55. The monoisotopic (exact) mass is 289 g/mol. The highest BCUT2D eigenvalue weighted by atomic mass is 16.7. The average Bonchev–Trinajstić information content (AvgIpc) is 3.17. The topological polar surface area (TPSA) is 80.9 Å². The lowest BCUT2D eigenvalue weighted by Crippen LogP contribution is -2.25. The summed E-state index contributed by atoms with van der Waals surface area (Å²) in [4.78, 5) is 11.7. The number of hydrogen-bond acceptors (Lipinski definition) is 5. The largest absolute Gasteiger partial charge is 0.472 e. The Morgan fingerprint density at radius 3 is 2.95 bits per heavy atom. The number of nitrogens with one attached hydrogen (secondary N) is 1. The van der Waals surface area contributed by atoms with Gasteiger partial charge in [-0.25, -0.2) is 0 Å². The lowest BCUT2D eigenvalue weighted by Gasteiger charge is -2.12. The maximum absolute atomic E-state index is 11.7. The Balaban J connectivity index is 1.52. The number of ether oxygens (including phenoxy) is 2. The van der Waals surface area contributed by atoms with Crippen LogP contribution in [0.25, 0.3) is 0 Å². The summed E-state index contributed by atoms with van der Waals surface area (Å²) >= 11 is 0. The molecular formula is C15H15NO5. The van der Waals surface area contributed by atoms with E-state index in [0.717, 1.165) is 5.56 Å². The minimum absolute atomic E-state index is 0.204. The molecule has 1 unspecified atom stereocenters. The van der Waals surface area contributed by atoms with Gasteiger partial charge in [-0.15, -0.1) is 0 Å². The van der Waals surface area contributed by atoms with Crippen LogP contribution in [0.5, 0.6) is 11.5 Å². The molecule has 110 valence electrons. The van der Waals surface area contributed by atoms with Crippen LogP contribution in [0.1, 0.15) is 28.4 Å². The Morgan fingerprint density at radius 1 is 1.29 bits per heavy atom. The molecule has 2 heterocycles. The lowest BCUT2D eigenvalue weighted by atomic mass is 10.1. The number of hydrogen-bond donors (Lipinski definition) is 2. The van der Waals surface area contributed by atoms with Gasteiger partial charge in [0.25, 0.3) is 5.91 Å². The summed E-state index contributed by atoms with van der Waals surface area (Å²) in [5.74, 6) is 1.09. The quantitative estimate of drug-likeness (QED) is 0.878. The third kappa shape index (κ3) is 3.00. The first-order valence-electron chi connectivity index (χ1n) is 6.62. The molecule has 1 aliphatic heterocycles. The molecule has 0 bridgehead atoms. The molecule has 1 amide bonds. The van der Waals surface area contributed by atoms with Crippen molar-refractivity contribution in [3.8, 4) is 11.5 Å². The van der Waals surface area contributed by atoms with E-state index in [-0.39, 0.29) is 12.7 Å². The number of aliphatic hydroxyl groups is 1. The number of rotatable bonds is 5. The van der Waals surface area contributed by atoms with Gasteiger partial charge in [0.15, 0.2) is 11.5 Å². The maximum atomic E-state index is 11.7. The van der Waals surface area contributed by atoms with Crippen LogP contribution in [0.4, 0.5) is 0 Å². The lowest BCUT2D eigenvalue weighted by molar-refractivity contribution is 0.0942. The summed E-state index contributed by atoms with van der Waals surface area (Å²) in [5, 5.41) is 12.9. The zero-order valence-corrected chi connectivity index (χ0v) is 11.2. The Kier molecular flexibility index (Phi) is 3.79. The molecule has 1 aromatic heterocycles. The van der Waals surface area contributed by atoms with Gasteiger partial charge in [0.05, 0.1) is 17.9 Å². The minimum atomic E-state index is -0.677. The van der Waals surface area contributed by atoms with Gasteiger partial charge in [-0.05, 0) is 30.2 Å². The Bertz CT molecular complexity index is 623. The second-order valence-electron chi connectivity index (χ2n) is 4.69. The van der Waals surface area contributed by atoms with E-state index in [0.29, 0.717) is 30.0 Å². The van der Waals surface area contributed by atoms with Crippen molar-refractivity contribution in [3.63, 3.8) is 0 Å². The molecule has 0 aliphatic carbocycles. The first kappa shape index (κ1) is 13.5. The number of fused-ring (bicyclic) bond motifs is 1. The summed E-state index contributed by atoms with van der Waals surface area (Å²) in [5.41, 5.74) is 1.20. The Labute approximate surface area is 121 Å². The van der Waals surface area contributed by atoms with Gasteiger partial charge in [0.1, 0.15) is 6.26 Å². The van der Waals surface area contributed by atoms with Gasteiger partial charge >= 0.3 is 0 Å². The summed E-state index contributed by atoms with van der Waals surface area (Å²) in [6, 6.07) is 6.90. The van der Waals surface area contributed by atoms with E-state index < -0.39 is 6.10 Å². The second kappa shape index (κ2) is 5.88. The zero-order valence-electron chi connectivity index (χ0n) is 11.2. The molecule has 21 heavy (non-hydrogen) atoms. The van der Waals surface area contributed by atoms with E-state index >= 15 is 0 Å². The van der Waals surface area contributed by atoms with Gasteiger partial charge in [-0.3, -0.25) is 4.79 Å². The number of amides is 1. The van der Waals surface area contributed by atoms with Gasteiger partial charge in [-0.1, -0.05) is 6.07 Å². The summed E-state index contributed by atoms with van der Waals surface area (Å²) < 4.78 is 15.3. The van der Waals surface area contributed by atoms with Crippen LogP contribution in [0.3, 0.4) is 0 Å². The highest BCUT2D eigenvalue weighted by Crippen LogP contribution is 2.34. The van der Waals surface area contributed by atoms with Gasteiger partial charge in [-0.2, -0.15) is 0 Å². The smallest absolute Gasteiger partial charge is 0.254 e. The number of aliphatic hydroxyl groups excluding tert-OH is 1. The van der Waals surface area contributed by atoms with E-state index in [1.807, 2.05) is 0 Å². The summed E-state index contributed by atoms with van der Waals surface area (Å²) in [7, 11) is 0. The number of furan rings is 1. The van der Waals surface area contributed by atoms with Crippen molar-refractivity contribution in [1.29, 1.82) is 0 Å². The predicted octanol–water partition coefficient (Wildman–Crippen LogP) is 1.86. The fraction of sp³-hybridized carbons (Fsp3) is 0.267. The van der Waals surface area contributed by atoms with Crippen molar-refractivity contribution < 1.29 is 23.8 Å². The molecule has 0 saturated carbocycles. The van der Waals surface area contributed by atoms with Crippen molar-refractivity contribution in [2.45, 2.75) is 12.5 Å². The molecule has 6 heteroatoms. The maximum Gasteiger partial charge on any atom is 0.254 e. The van der Waals surface area contributed by atoms with E-state index in [1.54, 1.807) is 24.3 Å². The molecule has 1 atom stereocenters. The van der Waals surface area contributed by atoms with Crippen LogP contribution in [-0.4, -0.2) is 24.4 Å². The van der Waals surface area contributed by atoms with Crippen molar-refractivity contribution in [2.24, 2.45) is 0 Å². The molecule has 0 radical (unpaired) electrons. The molecule has 3 rings (SSSR count). The number of carbonyl (C=O) groups is 1. The molecule has 1 aromatic carbocycles. The third-order valence-electron chi connectivity index (χ3n) is 3.27. The minimum Gasteiger partial charge on any atom is -0.472 e. The third-order valence-corrected chi connectivity index (χ3v) is 3.27. The Hall–Kier alpha value is -2.47. The predicted molar refractivity (Wildman–Crippen MR) is 73.2 cm³/mol. The van der Waals surface area contributed by atoms with Crippen LogP contribution in [0.15, 0.2) is 41.2 Å². The van der Waals surface area contributed by atoms with Crippen LogP contribution in [-0.2, 0) is 0 Å². The van der Waals surface area contributed by atoms with Gasteiger partial charge in [0.2, 0.25) is 6.79 Å². The fourth-order valence-electron chi connectivity index (χ4n) is 2.11. The molecular weight excluding hydrogens is 274 g/mol. The SMILES string of the molecule is O=C(NCCC(O)c1ccc2c(c1)OCO2)c1ccoc1. The van der Waals surface area contributed by atoms with Crippen LogP contribution in [0.2, 0.25) is 0 Å². The fourth-order valence-corrected chi connectivity index (χ4v) is 2.11. The molecule has 0 saturated heterocycles. The van der Waals surface area contributed by atoms with Crippen molar-refractivity contribution in [3.05, 3.63) is 47.9 Å². The van der Waals surface area contributed by atoms with E-state index in [9.17, 15) is 9.90 Å². The first-order chi connectivity index (χ1) is 10.2. The normalized spacial score (nSPS) is 14.0. The number of benzene rings is 1. The first-order valence-corrected chi connectivity index (χ1v) is 6.62. The van der Waals surface area contributed by atoms with Gasteiger partial charge in [0, 0.05) is 6.54 Å². The zero-order chi connectivity index (χ0) is 14.7. The van der Waals surface area contributed by atoms with Crippen molar-refractivity contribution in [1.82, 2.24) is 5.32 Å².